The van der Waals surface area contributed by atoms with Crippen LogP contribution in [0.1, 0.15) is 5.69 Å². The fourth-order valence-electron chi connectivity index (χ4n) is 2.50. The molecule has 1 aliphatic rings. The van der Waals surface area contributed by atoms with Crippen molar-refractivity contribution >= 4 is 17.8 Å². The van der Waals surface area contributed by atoms with Gasteiger partial charge in [-0.3, -0.25) is 0 Å². The van der Waals surface area contributed by atoms with Crippen molar-refractivity contribution in [2.75, 3.05) is 6.54 Å². The Labute approximate surface area is 120 Å². The van der Waals surface area contributed by atoms with Crippen molar-refractivity contribution in [2.45, 2.75) is 13.1 Å². The molecular weight excluding hydrogens is 280 g/mol. The average Bonchev–Trinajstić information content (AvgIpc) is 2.72. The Bertz CT molecular complexity index is 652. The molecule has 20 heavy (non-hydrogen) atoms. The molecule has 104 valence electrons. The smallest absolute Gasteiger partial charge is 0.449 e. The number of hydrogen-bond donors (Lipinski definition) is 2. The molecule has 0 fully saturated rings. The van der Waals surface area contributed by atoms with Gasteiger partial charge in [0.1, 0.15) is 5.02 Å². The first-order valence-electron chi connectivity index (χ1n) is 6.26. The maximum absolute atomic E-state index is 10.8. The number of rotatable bonds is 2. The normalized spacial score (nSPS) is 13.8. The lowest BCUT2D eigenvalue weighted by atomic mass is 10.1. The molecule has 0 spiro atoms. The van der Waals surface area contributed by atoms with E-state index in [2.05, 4.69) is 5.32 Å². The van der Waals surface area contributed by atoms with Crippen molar-refractivity contribution in [3.8, 4) is 17.0 Å². The van der Waals surface area contributed by atoms with E-state index >= 15 is 0 Å². The Morgan fingerprint density at radius 3 is 2.80 bits per heavy atom. The second-order valence-electron chi connectivity index (χ2n) is 4.50. The highest BCUT2D eigenvalue weighted by atomic mass is 35.5. The van der Waals surface area contributed by atoms with E-state index in [9.17, 15) is 4.79 Å². The molecule has 0 unspecified atom stereocenters. The minimum Gasteiger partial charge on any atom is -0.449 e. The van der Waals surface area contributed by atoms with E-state index in [1.807, 2.05) is 34.9 Å². The van der Waals surface area contributed by atoms with Gasteiger partial charge in [0.05, 0.1) is 11.4 Å². The predicted octanol–water partition coefficient (Wildman–Crippen LogP) is 2.97. The van der Waals surface area contributed by atoms with Crippen LogP contribution in [0.15, 0.2) is 30.3 Å². The molecule has 2 heterocycles. The summed E-state index contributed by atoms with van der Waals surface area (Å²) in [5.41, 5.74) is 2.52. The monoisotopic (exact) mass is 292 g/mol. The number of fused-ring (bicyclic) bond motifs is 1. The SMILES string of the molecule is O=C(O)Oc1c(Cl)c(-c2ccccc2)n2c1CNCC2. The Balaban J connectivity index is 2.19. The number of benzene rings is 1. The number of carbonyl (C=O) groups is 1. The molecular formula is C14H13ClN2O3. The molecule has 1 aromatic carbocycles. The fourth-order valence-corrected chi connectivity index (χ4v) is 2.86. The molecule has 1 aliphatic heterocycles. The first kappa shape index (κ1) is 13.0. The Kier molecular flexibility index (Phi) is 3.38. The van der Waals surface area contributed by atoms with Crippen LogP contribution in [0.3, 0.4) is 0 Å². The van der Waals surface area contributed by atoms with E-state index < -0.39 is 6.16 Å². The number of nitrogens with zero attached hydrogens (tertiary/aromatic N) is 1. The van der Waals surface area contributed by atoms with Crippen LogP contribution in [0.4, 0.5) is 4.79 Å². The quantitative estimate of drug-likeness (QED) is 0.835. The van der Waals surface area contributed by atoms with E-state index in [1.54, 1.807) is 0 Å². The van der Waals surface area contributed by atoms with Crippen LogP contribution in [0, 0.1) is 0 Å². The lowest BCUT2D eigenvalue weighted by Gasteiger charge is -2.19. The average molecular weight is 293 g/mol. The summed E-state index contributed by atoms with van der Waals surface area (Å²) in [6, 6.07) is 9.66. The van der Waals surface area contributed by atoms with E-state index in [1.165, 1.54) is 0 Å². The number of nitrogens with one attached hydrogen (secondary N) is 1. The number of ether oxygens (including phenoxy) is 1. The van der Waals surface area contributed by atoms with E-state index in [0.717, 1.165) is 30.0 Å². The van der Waals surface area contributed by atoms with Crippen molar-refractivity contribution in [3.63, 3.8) is 0 Å². The number of aromatic nitrogens is 1. The zero-order chi connectivity index (χ0) is 14.1. The maximum Gasteiger partial charge on any atom is 0.511 e. The van der Waals surface area contributed by atoms with Gasteiger partial charge in [0, 0.05) is 19.6 Å². The number of carboxylic acid groups (broad SMARTS) is 1. The second kappa shape index (κ2) is 5.19. The van der Waals surface area contributed by atoms with Crippen molar-refractivity contribution in [1.29, 1.82) is 0 Å². The van der Waals surface area contributed by atoms with Crippen molar-refractivity contribution in [2.24, 2.45) is 0 Å². The molecule has 0 bridgehead atoms. The zero-order valence-electron chi connectivity index (χ0n) is 10.6. The third kappa shape index (κ3) is 2.15. The van der Waals surface area contributed by atoms with Crippen molar-refractivity contribution < 1.29 is 14.6 Å². The topological polar surface area (TPSA) is 63.5 Å². The molecule has 0 aliphatic carbocycles. The number of halogens is 1. The van der Waals surface area contributed by atoms with Crippen molar-refractivity contribution in [3.05, 3.63) is 41.0 Å². The minimum absolute atomic E-state index is 0.227. The van der Waals surface area contributed by atoms with Gasteiger partial charge in [-0.1, -0.05) is 41.9 Å². The third-order valence-corrected chi connectivity index (χ3v) is 3.66. The molecule has 5 nitrogen and oxygen atoms in total. The summed E-state index contributed by atoms with van der Waals surface area (Å²) < 4.78 is 6.89. The van der Waals surface area contributed by atoms with Crippen LogP contribution in [0.25, 0.3) is 11.3 Å². The summed E-state index contributed by atoms with van der Waals surface area (Å²) in [4.78, 5) is 10.8. The lowest BCUT2D eigenvalue weighted by molar-refractivity contribution is 0.143. The van der Waals surface area contributed by atoms with Crippen LogP contribution < -0.4 is 10.1 Å². The van der Waals surface area contributed by atoms with Crippen LogP contribution in [-0.2, 0) is 13.1 Å². The van der Waals surface area contributed by atoms with E-state index in [0.29, 0.717) is 11.6 Å². The van der Waals surface area contributed by atoms with Gasteiger partial charge in [-0.15, -0.1) is 0 Å². The third-order valence-electron chi connectivity index (χ3n) is 3.31. The second-order valence-corrected chi connectivity index (χ2v) is 4.88. The summed E-state index contributed by atoms with van der Waals surface area (Å²) in [5.74, 6) is 0.227. The molecule has 0 saturated carbocycles. The lowest BCUT2D eigenvalue weighted by Crippen LogP contribution is -2.28. The minimum atomic E-state index is -1.36. The highest BCUT2D eigenvalue weighted by Gasteiger charge is 2.27. The Hall–Kier alpha value is -1.98. The molecule has 0 atom stereocenters. The highest BCUT2D eigenvalue weighted by Crippen LogP contribution is 2.42. The van der Waals surface area contributed by atoms with Gasteiger partial charge >= 0.3 is 6.16 Å². The van der Waals surface area contributed by atoms with Crippen LogP contribution in [0.2, 0.25) is 5.02 Å². The van der Waals surface area contributed by atoms with E-state index in [-0.39, 0.29) is 5.75 Å². The van der Waals surface area contributed by atoms with Crippen LogP contribution in [-0.4, -0.2) is 22.4 Å². The molecule has 3 rings (SSSR count). The first-order chi connectivity index (χ1) is 9.68. The molecule has 0 amide bonds. The maximum atomic E-state index is 10.8. The largest absolute Gasteiger partial charge is 0.511 e. The fraction of sp³-hybridized carbons (Fsp3) is 0.214. The Morgan fingerprint density at radius 2 is 2.10 bits per heavy atom. The van der Waals surface area contributed by atoms with Crippen molar-refractivity contribution in [1.82, 2.24) is 9.88 Å². The van der Waals surface area contributed by atoms with Gasteiger partial charge in [-0.05, 0) is 5.56 Å². The highest BCUT2D eigenvalue weighted by molar-refractivity contribution is 6.35. The number of hydrogen-bond acceptors (Lipinski definition) is 3. The summed E-state index contributed by atoms with van der Waals surface area (Å²) in [7, 11) is 0. The summed E-state index contributed by atoms with van der Waals surface area (Å²) in [5, 5.41) is 12.4. The van der Waals surface area contributed by atoms with Gasteiger partial charge in [-0.2, -0.15) is 0 Å². The summed E-state index contributed by atoms with van der Waals surface area (Å²) in [6.45, 7) is 2.07. The van der Waals surface area contributed by atoms with Gasteiger partial charge < -0.3 is 19.7 Å². The van der Waals surface area contributed by atoms with Crippen LogP contribution >= 0.6 is 11.6 Å². The molecule has 1 aromatic heterocycles. The molecule has 2 N–H and O–H groups in total. The van der Waals surface area contributed by atoms with Gasteiger partial charge in [0.15, 0.2) is 5.75 Å². The van der Waals surface area contributed by atoms with Gasteiger partial charge in [0.2, 0.25) is 0 Å². The predicted molar refractivity (Wildman–Crippen MR) is 75.2 cm³/mol. The van der Waals surface area contributed by atoms with Gasteiger partial charge in [-0.25, -0.2) is 4.79 Å². The van der Waals surface area contributed by atoms with E-state index in [4.69, 9.17) is 21.4 Å². The molecule has 0 radical (unpaired) electrons. The molecule has 0 saturated heterocycles. The standard InChI is InChI=1S/C14H13ClN2O3/c15-11-12(9-4-2-1-3-5-9)17-7-6-16-8-10(17)13(11)20-14(18)19/h1-5,16H,6-8H2,(H,18,19). The molecule has 2 aromatic rings. The molecule has 6 heteroatoms. The van der Waals surface area contributed by atoms with Gasteiger partial charge in [0.25, 0.3) is 0 Å². The first-order valence-corrected chi connectivity index (χ1v) is 6.64. The summed E-state index contributed by atoms with van der Waals surface area (Å²) >= 11 is 6.36. The zero-order valence-corrected chi connectivity index (χ0v) is 11.4. The Morgan fingerprint density at radius 1 is 1.35 bits per heavy atom. The summed E-state index contributed by atoms with van der Waals surface area (Å²) in [6.07, 6.45) is -1.36. The van der Waals surface area contributed by atoms with Crippen LogP contribution in [0.5, 0.6) is 5.75 Å².